The number of aliphatic hydroxyl groups excluding tert-OH is 1. The molecule has 0 saturated heterocycles. The van der Waals surface area contributed by atoms with Crippen molar-refractivity contribution in [3.63, 3.8) is 0 Å². The molecule has 1 atom stereocenters. The summed E-state index contributed by atoms with van der Waals surface area (Å²) >= 11 is 0. The van der Waals surface area contributed by atoms with Crippen LogP contribution in [0.1, 0.15) is 46.7 Å². The Morgan fingerprint density at radius 1 is 1.36 bits per heavy atom. The standard InChI is InChI=1S/C18H18N4O3/c23-16(12-4-6-14(7-5-12)22-9-1-8-20-22)11-19-18(24)15-10-17(25-21-15)13-2-3-13/h1,4-10,13,16,23H,2-3,11H2,(H,19,24). The minimum absolute atomic E-state index is 0.103. The van der Waals surface area contributed by atoms with E-state index in [1.54, 1.807) is 16.9 Å². The highest BCUT2D eigenvalue weighted by atomic mass is 16.5. The van der Waals surface area contributed by atoms with Crippen LogP contribution >= 0.6 is 0 Å². The predicted octanol–water partition coefficient (Wildman–Crippen LogP) is 2.20. The predicted molar refractivity (Wildman–Crippen MR) is 89.3 cm³/mol. The van der Waals surface area contributed by atoms with E-state index in [0.717, 1.165) is 29.9 Å². The van der Waals surface area contributed by atoms with Crippen LogP contribution < -0.4 is 5.32 Å². The molecule has 128 valence electrons. The van der Waals surface area contributed by atoms with Crippen molar-refractivity contribution in [2.45, 2.75) is 24.9 Å². The smallest absolute Gasteiger partial charge is 0.273 e. The molecule has 0 bridgehead atoms. The van der Waals surface area contributed by atoms with Gasteiger partial charge in [0.2, 0.25) is 0 Å². The third-order valence-corrected chi connectivity index (χ3v) is 4.24. The number of aliphatic hydroxyl groups is 1. The molecular formula is C18H18N4O3. The molecule has 1 amide bonds. The molecule has 0 spiro atoms. The summed E-state index contributed by atoms with van der Waals surface area (Å²) in [6.07, 6.45) is 4.92. The minimum Gasteiger partial charge on any atom is -0.387 e. The first-order valence-electron chi connectivity index (χ1n) is 8.23. The summed E-state index contributed by atoms with van der Waals surface area (Å²) in [6, 6.07) is 10.9. The van der Waals surface area contributed by atoms with Crippen molar-refractivity contribution in [3.05, 3.63) is 65.8 Å². The van der Waals surface area contributed by atoms with E-state index in [2.05, 4.69) is 15.6 Å². The zero-order valence-electron chi connectivity index (χ0n) is 13.5. The Balaban J connectivity index is 1.34. The Labute approximate surface area is 144 Å². The number of aromatic nitrogens is 3. The summed E-state index contributed by atoms with van der Waals surface area (Å²) in [4.78, 5) is 12.1. The van der Waals surface area contributed by atoms with Crippen LogP contribution in [0.2, 0.25) is 0 Å². The van der Waals surface area contributed by atoms with Gasteiger partial charge in [0.05, 0.1) is 11.8 Å². The van der Waals surface area contributed by atoms with Crippen LogP contribution in [0.5, 0.6) is 0 Å². The molecule has 3 aromatic rings. The zero-order valence-corrected chi connectivity index (χ0v) is 13.5. The quantitative estimate of drug-likeness (QED) is 0.719. The van der Waals surface area contributed by atoms with Gasteiger partial charge in [-0.3, -0.25) is 4.79 Å². The van der Waals surface area contributed by atoms with Gasteiger partial charge in [-0.05, 0) is 36.6 Å². The molecule has 4 rings (SSSR count). The number of amides is 1. The van der Waals surface area contributed by atoms with Crippen molar-refractivity contribution < 1.29 is 14.4 Å². The number of rotatable bonds is 6. The van der Waals surface area contributed by atoms with Crippen molar-refractivity contribution in [2.24, 2.45) is 0 Å². The first kappa shape index (κ1) is 15.6. The van der Waals surface area contributed by atoms with Gasteiger partial charge in [0.25, 0.3) is 5.91 Å². The second kappa shape index (κ2) is 6.52. The van der Waals surface area contributed by atoms with E-state index in [1.807, 2.05) is 36.5 Å². The summed E-state index contributed by atoms with van der Waals surface area (Å²) in [5.74, 6) is 0.829. The van der Waals surface area contributed by atoms with Crippen molar-refractivity contribution >= 4 is 5.91 Å². The summed E-state index contributed by atoms with van der Waals surface area (Å²) in [5, 5.41) is 20.9. The van der Waals surface area contributed by atoms with E-state index in [1.165, 1.54) is 0 Å². The van der Waals surface area contributed by atoms with E-state index in [4.69, 9.17) is 4.52 Å². The highest BCUT2D eigenvalue weighted by Crippen LogP contribution is 2.40. The van der Waals surface area contributed by atoms with Crippen molar-refractivity contribution in [3.8, 4) is 5.69 Å². The highest BCUT2D eigenvalue weighted by molar-refractivity contribution is 5.92. The Morgan fingerprint density at radius 2 is 2.16 bits per heavy atom. The van der Waals surface area contributed by atoms with E-state index >= 15 is 0 Å². The van der Waals surface area contributed by atoms with E-state index < -0.39 is 6.10 Å². The maximum absolute atomic E-state index is 12.1. The number of benzene rings is 1. The maximum Gasteiger partial charge on any atom is 0.273 e. The monoisotopic (exact) mass is 338 g/mol. The lowest BCUT2D eigenvalue weighted by atomic mass is 10.1. The molecule has 2 aromatic heterocycles. The summed E-state index contributed by atoms with van der Waals surface area (Å²) < 4.78 is 6.90. The van der Waals surface area contributed by atoms with E-state index in [-0.39, 0.29) is 18.1 Å². The van der Waals surface area contributed by atoms with Gasteiger partial charge < -0.3 is 14.9 Å². The molecule has 1 saturated carbocycles. The van der Waals surface area contributed by atoms with Crippen LogP contribution in [0.25, 0.3) is 5.69 Å². The molecule has 1 fully saturated rings. The lowest BCUT2D eigenvalue weighted by Gasteiger charge is -2.12. The molecular weight excluding hydrogens is 320 g/mol. The highest BCUT2D eigenvalue weighted by Gasteiger charge is 2.28. The largest absolute Gasteiger partial charge is 0.387 e. The molecule has 25 heavy (non-hydrogen) atoms. The molecule has 0 radical (unpaired) electrons. The second-order valence-corrected chi connectivity index (χ2v) is 6.16. The van der Waals surface area contributed by atoms with Crippen molar-refractivity contribution in [1.29, 1.82) is 0 Å². The number of carbonyl (C=O) groups is 1. The van der Waals surface area contributed by atoms with Crippen LogP contribution in [-0.4, -0.2) is 32.5 Å². The number of carbonyl (C=O) groups excluding carboxylic acids is 1. The van der Waals surface area contributed by atoms with Gasteiger partial charge in [0, 0.05) is 30.9 Å². The molecule has 2 heterocycles. The van der Waals surface area contributed by atoms with E-state index in [0.29, 0.717) is 5.92 Å². The molecule has 1 aliphatic carbocycles. The van der Waals surface area contributed by atoms with Crippen molar-refractivity contribution in [1.82, 2.24) is 20.3 Å². The first-order valence-corrected chi connectivity index (χ1v) is 8.23. The summed E-state index contributed by atoms with van der Waals surface area (Å²) in [7, 11) is 0. The number of hydrogen-bond acceptors (Lipinski definition) is 5. The van der Waals surface area contributed by atoms with Crippen molar-refractivity contribution in [2.75, 3.05) is 6.54 Å². The molecule has 1 unspecified atom stereocenters. The first-order chi connectivity index (χ1) is 12.2. The van der Waals surface area contributed by atoms with Crippen LogP contribution in [-0.2, 0) is 0 Å². The molecule has 7 heteroatoms. The summed E-state index contributed by atoms with van der Waals surface area (Å²) in [6.45, 7) is 0.103. The van der Waals surface area contributed by atoms with Gasteiger partial charge in [-0.15, -0.1) is 0 Å². The van der Waals surface area contributed by atoms with Gasteiger partial charge in [-0.1, -0.05) is 17.3 Å². The van der Waals surface area contributed by atoms with Gasteiger partial charge >= 0.3 is 0 Å². The van der Waals surface area contributed by atoms with Crippen LogP contribution in [0, 0.1) is 0 Å². The van der Waals surface area contributed by atoms with Gasteiger partial charge in [-0.2, -0.15) is 5.10 Å². The van der Waals surface area contributed by atoms with E-state index in [9.17, 15) is 9.90 Å². The average molecular weight is 338 g/mol. The maximum atomic E-state index is 12.1. The lowest BCUT2D eigenvalue weighted by Crippen LogP contribution is -2.28. The topological polar surface area (TPSA) is 93.2 Å². The zero-order chi connectivity index (χ0) is 17.2. The molecule has 1 aromatic carbocycles. The Kier molecular flexibility index (Phi) is 4.07. The van der Waals surface area contributed by atoms with Crippen LogP contribution in [0.4, 0.5) is 0 Å². The molecule has 1 aliphatic rings. The minimum atomic E-state index is -0.801. The number of nitrogens with one attached hydrogen (secondary N) is 1. The normalized spacial score (nSPS) is 15.1. The van der Waals surface area contributed by atoms with Crippen LogP contribution in [0.15, 0.2) is 53.3 Å². The third-order valence-electron chi connectivity index (χ3n) is 4.24. The van der Waals surface area contributed by atoms with Gasteiger partial charge in [-0.25, -0.2) is 4.68 Å². The Bertz CT molecular complexity index is 851. The Morgan fingerprint density at radius 3 is 2.84 bits per heavy atom. The van der Waals surface area contributed by atoms with Crippen LogP contribution in [0.3, 0.4) is 0 Å². The van der Waals surface area contributed by atoms with Gasteiger partial charge in [0.1, 0.15) is 5.76 Å². The fourth-order valence-electron chi connectivity index (χ4n) is 2.63. The lowest BCUT2D eigenvalue weighted by molar-refractivity contribution is 0.0907. The summed E-state index contributed by atoms with van der Waals surface area (Å²) in [5.41, 5.74) is 1.87. The van der Waals surface area contributed by atoms with Gasteiger partial charge in [0.15, 0.2) is 5.69 Å². The second-order valence-electron chi connectivity index (χ2n) is 6.16. The fourth-order valence-corrected chi connectivity index (χ4v) is 2.63. The molecule has 0 aliphatic heterocycles. The average Bonchev–Trinajstić information content (AvgIpc) is 3.14. The molecule has 2 N–H and O–H groups in total. The fraction of sp³-hybridized carbons (Fsp3) is 0.278. The SMILES string of the molecule is O=C(NCC(O)c1ccc(-n2cccn2)cc1)c1cc(C2CC2)on1. The Hall–Kier alpha value is -2.93. The number of nitrogens with zero attached hydrogens (tertiary/aromatic N) is 3. The molecule has 7 nitrogen and oxygen atoms in total. The number of hydrogen-bond donors (Lipinski definition) is 2. The third kappa shape index (κ3) is 3.46.